The summed E-state index contributed by atoms with van der Waals surface area (Å²) in [4.78, 5) is 110. The van der Waals surface area contributed by atoms with Gasteiger partial charge in [0.25, 0.3) is 5.91 Å². The molecule has 0 unspecified atom stereocenters. The molecule has 0 aromatic heterocycles. The predicted octanol–water partition coefficient (Wildman–Crippen LogP) is 4.50. The minimum atomic E-state index is -1.93. The Morgan fingerprint density at radius 2 is 1.75 bits per heavy atom. The first-order valence-corrected chi connectivity index (χ1v) is 27.4. The van der Waals surface area contributed by atoms with E-state index in [1.165, 1.54) is 46.2 Å². The number of allylic oxidation sites excluding steroid dienone is 3. The number of aliphatic hydroxyl groups is 1. The number of rotatable bonds is 21. The molecule has 0 spiro atoms. The van der Waals surface area contributed by atoms with Crippen LogP contribution >= 0.6 is 11.6 Å². The molecular weight excluding hydrogens is 1080 g/mol. The Labute approximate surface area is 476 Å². The second kappa shape index (κ2) is 28.7. The Kier molecular flexibility index (Phi) is 23.0. The molecule has 2 saturated heterocycles. The Morgan fingerprint density at radius 1 is 1.04 bits per heavy atom. The van der Waals surface area contributed by atoms with Crippen molar-refractivity contribution in [1.82, 2.24) is 26.2 Å². The highest BCUT2D eigenvalue weighted by atomic mass is 35.5. The van der Waals surface area contributed by atoms with Crippen LogP contribution in [-0.4, -0.2) is 153 Å². The molecule has 23 nitrogen and oxygen atoms in total. The van der Waals surface area contributed by atoms with Crippen LogP contribution in [0.4, 0.5) is 25.4 Å². The number of epoxide rings is 1. The average Bonchev–Trinajstić information content (AvgIpc) is 4.33. The van der Waals surface area contributed by atoms with E-state index in [9.17, 15) is 43.5 Å². The monoisotopic (exact) mass is 1160 g/mol. The third-order valence-corrected chi connectivity index (χ3v) is 15.3. The number of alkyl carbamates (subject to hydrolysis) is 1. The molecule has 81 heavy (non-hydrogen) atoms. The molecule has 3 aliphatic rings. The first-order chi connectivity index (χ1) is 38.2. The summed E-state index contributed by atoms with van der Waals surface area (Å²) in [6.07, 6.45) is 2.14. The van der Waals surface area contributed by atoms with Crippen LogP contribution in [0.5, 0.6) is 5.75 Å². The number of esters is 1. The number of halogens is 2. The fraction of sp³-hybridized carbons (Fsp3) is 0.571. The minimum absolute atomic E-state index is 0.00925. The van der Waals surface area contributed by atoms with Gasteiger partial charge in [-0.3, -0.25) is 29.3 Å². The molecule has 3 heterocycles. The number of hydrogen-bond donors (Lipinski definition) is 8. The Bertz CT molecular complexity index is 2710. The topological polar surface area (TPSA) is 325 Å². The normalized spacial score (nSPS) is 25.0. The first kappa shape index (κ1) is 65.0. The van der Waals surface area contributed by atoms with Crippen molar-refractivity contribution < 1.29 is 71.5 Å². The van der Waals surface area contributed by atoms with Crippen molar-refractivity contribution in [2.75, 3.05) is 51.6 Å². The standard InChI is InChI=1S/C56H79ClFN9O14/c1-30(2)47(64-44(68)19-12-11-13-22-59)50(71)63-38(17-15-23-61-53(60)74)49(70)62-35-20-21-36(37(58)27-35)51(72)66(7)33(5)52(73)80-43-28-45(69)67(8)39-25-34(26-40(77-9)46(39)57)24-31(3)16-14-18-42(78-10)56(76)29-41(79-54(75)65-56)32(4)48-55(43,6)81-48/h14,16,18,20-21,25-27,30,32-33,38,41-43,47-48,76H,11-13,15,17,19,22-24,28-29,59H2,1-10H3,(H,62,70)(H,63,71)(H,64,68)(H,65,75)(H3,60,61,74)/b18-14+,31-16+/t32-,33+,38+,41+,42-,43+,47+,48+,55+,56+/m1/s1. The molecule has 0 saturated carbocycles. The number of likely N-dealkylation sites (N-methyl/N-ethyl adjacent to an activating group) is 1. The number of ether oxygens (including phenoxy) is 5. The van der Waals surface area contributed by atoms with Crippen LogP contribution in [-0.2, 0) is 49.3 Å². The molecule has 10 atom stereocenters. The van der Waals surface area contributed by atoms with Gasteiger partial charge in [-0.2, -0.15) is 0 Å². The lowest BCUT2D eigenvalue weighted by Gasteiger charge is -2.42. The van der Waals surface area contributed by atoms with E-state index in [0.717, 1.165) is 41.0 Å². The van der Waals surface area contributed by atoms with Crippen molar-refractivity contribution in [3.8, 4) is 5.75 Å². The van der Waals surface area contributed by atoms with Crippen LogP contribution in [0.15, 0.2) is 54.1 Å². The zero-order valence-electron chi connectivity index (χ0n) is 47.7. The number of anilines is 2. The summed E-state index contributed by atoms with van der Waals surface area (Å²) < 4.78 is 45.4. The van der Waals surface area contributed by atoms with Crippen molar-refractivity contribution >= 4 is 70.6 Å². The summed E-state index contributed by atoms with van der Waals surface area (Å²) in [7, 11) is 5.57. The third-order valence-electron chi connectivity index (χ3n) is 14.9. The number of carbonyl (C=O) groups excluding carboxylic acids is 8. The summed E-state index contributed by atoms with van der Waals surface area (Å²) in [6, 6.07) is 2.25. The van der Waals surface area contributed by atoms with Gasteiger partial charge in [-0.25, -0.2) is 18.8 Å². The molecule has 2 fully saturated rings. The number of amides is 8. The largest absolute Gasteiger partial charge is 0.495 e. The van der Waals surface area contributed by atoms with Gasteiger partial charge < -0.3 is 71.3 Å². The predicted molar refractivity (Wildman–Crippen MR) is 298 cm³/mol. The third kappa shape index (κ3) is 16.9. The maximum absolute atomic E-state index is 16.1. The van der Waals surface area contributed by atoms with Crippen LogP contribution in [0.25, 0.3) is 0 Å². The molecule has 10 N–H and O–H groups in total. The number of carbonyl (C=O) groups is 8. The molecule has 0 aliphatic carbocycles. The van der Waals surface area contributed by atoms with Gasteiger partial charge in [0, 0.05) is 52.2 Å². The highest BCUT2D eigenvalue weighted by Gasteiger charge is 2.64. The van der Waals surface area contributed by atoms with Gasteiger partial charge in [0.15, 0.2) is 5.72 Å². The van der Waals surface area contributed by atoms with E-state index < -0.39 is 119 Å². The fourth-order valence-corrected chi connectivity index (χ4v) is 10.1. The van der Waals surface area contributed by atoms with E-state index in [-0.39, 0.29) is 66.2 Å². The minimum Gasteiger partial charge on any atom is -0.495 e. The van der Waals surface area contributed by atoms with Gasteiger partial charge in [-0.15, -0.1) is 0 Å². The van der Waals surface area contributed by atoms with E-state index in [0.29, 0.717) is 19.4 Å². The maximum Gasteiger partial charge on any atom is 0.409 e. The summed E-state index contributed by atoms with van der Waals surface area (Å²) in [6.45, 7) is 10.6. The van der Waals surface area contributed by atoms with Gasteiger partial charge in [-0.05, 0) is 101 Å². The molecule has 446 valence electrons. The molecule has 0 radical (unpaired) electrons. The average molecular weight is 1160 g/mol. The lowest BCUT2D eigenvalue weighted by atomic mass is 9.83. The molecule has 25 heteroatoms. The van der Waals surface area contributed by atoms with Gasteiger partial charge >= 0.3 is 18.1 Å². The second-order valence-electron chi connectivity index (χ2n) is 21.4. The van der Waals surface area contributed by atoms with Crippen LogP contribution in [0.3, 0.4) is 0 Å². The molecule has 2 aromatic rings. The van der Waals surface area contributed by atoms with Crippen molar-refractivity contribution in [1.29, 1.82) is 0 Å². The summed E-state index contributed by atoms with van der Waals surface area (Å²) in [5, 5.41) is 24.9. The molecule has 2 aromatic carbocycles. The maximum atomic E-state index is 16.1. The quantitative estimate of drug-likeness (QED) is 0.0485. The second-order valence-corrected chi connectivity index (χ2v) is 21.8. The van der Waals surface area contributed by atoms with Crippen molar-refractivity contribution in [3.63, 3.8) is 0 Å². The molecule has 3 aliphatic heterocycles. The van der Waals surface area contributed by atoms with Crippen LogP contribution in [0.1, 0.15) is 109 Å². The number of fused-ring (bicyclic) bond motifs is 5. The molecule has 8 amide bonds. The first-order valence-electron chi connectivity index (χ1n) is 27.0. The number of urea groups is 1. The summed E-state index contributed by atoms with van der Waals surface area (Å²) in [5.74, 6) is -6.15. The number of benzene rings is 2. The lowest BCUT2D eigenvalue weighted by Crippen LogP contribution is -2.63. The van der Waals surface area contributed by atoms with Crippen molar-refractivity contribution in [2.24, 2.45) is 23.3 Å². The smallest absolute Gasteiger partial charge is 0.409 e. The molecule has 4 bridgehead atoms. The highest BCUT2D eigenvalue weighted by molar-refractivity contribution is 6.35. The van der Waals surface area contributed by atoms with Crippen molar-refractivity contribution in [2.45, 2.75) is 153 Å². The Balaban J connectivity index is 1.37. The Morgan fingerprint density at radius 3 is 2.40 bits per heavy atom. The van der Waals surface area contributed by atoms with Crippen LogP contribution in [0.2, 0.25) is 5.02 Å². The molecular formula is C56H79ClFN9O14. The fourth-order valence-electron chi connectivity index (χ4n) is 9.80. The zero-order valence-corrected chi connectivity index (χ0v) is 48.4. The van der Waals surface area contributed by atoms with E-state index >= 15 is 4.39 Å². The lowest BCUT2D eigenvalue weighted by molar-refractivity contribution is -0.158. The summed E-state index contributed by atoms with van der Waals surface area (Å²) >= 11 is 6.82. The van der Waals surface area contributed by atoms with Gasteiger partial charge in [-0.1, -0.05) is 62.6 Å². The van der Waals surface area contributed by atoms with E-state index in [1.807, 2.05) is 13.0 Å². The number of nitrogens with zero attached hydrogens (tertiary/aromatic N) is 2. The summed E-state index contributed by atoms with van der Waals surface area (Å²) in [5.41, 5.74) is 8.70. The number of nitrogens with one attached hydrogen (secondary N) is 5. The van der Waals surface area contributed by atoms with E-state index in [2.05, 4.69) is 26.6 Å². The number of hydrogen-bond acceptors (Lipinski definition) is 15. The van der Waals surface area contributed by atoms with E-state index in [1.54, 1.807) is 52.0 Å². The van der Waals surface area contributed by atoms with Gasteiger partial charge in [0.2, 0.25) is 23.6 Å². The van der Waals surface area contributed by atoms with Crippen LogP contribution < -0.4 is 47.7 Å². The zero-order chi connectivity index (χ0) is 60.1. The van der Waals surface area contributed by atoms with E-state index in [4.69, 9.17) is 46.8 Å². The van der Waals surface area contributed by atoms with Crippen LogP contribution in [0, 0.1) is 17.7 Å². The number of nitrogens with two attached hydrogens (primary N) is 2. The number of unbranched alkanes of at least 4 members (excludes halogenated alkanes) is 2. The SMILES string of the molecule is COc1cc2cc(c1Cl)N(C)C(=O)C[C@H](OC(=O)[C@H](C)N(C)C(=O)c1ccc(NC(=O)[C@H](CCCNC(N)=O)NC(=O)[C@@H](NC(=O)CCCCCN)C(C)C)cc1F)[C@]1(C)O[C@H]1[C@H](C)[C@@H]1C[C@@](O)(NC(=O)O1)[C@H](OC)/C=C/C=C(\C)C2. The van der Waals surface area contributed by atoms with Crippen molar-refractivity contribution in [3.05, 3.63) is 76.1 Å². The highest BCUT2D eigenvalue weighted by Crippen LogP contribution is 2.49. The number of methoxy groups -OCH3 is 2. The Hall–Kier alpha value is -6.86. The molecule has 5 rings (SSSR count). The number of primary amides is 1. The van der Waals surface area contributed by atoms with Gasteiger partial charge in [0.1, 0.15) is 58.6 Å². The van der Waals surface area contributed by atoms with Gasteiger partial charge in [0.05, 0.1) is 30.9 Å².